The Balaban J connectivity index is 1.05. The maximum absolute atomic E-state index is 6.93. The van der Waals surface area contributed by atoms with Crippen molar-refractivity contribution in [2.75, 3.05) is 0 Å². The van der Waals surface area contributed by atoms with Gasteiger partial charge in [0.2, 0.25) is 0 Å². The minimum absolute atomic E-state index is 0.639. The van der Waals surface area contributed by atoms with Crippen LogP contribution in [-0.4, -0.2) is 15.0 Å². The van der Waals surface area contributed by atoms with Crippen molar-refractivity contribution in [1.29, 1.82) is 0 Å². The number of hydrogen-bond donors (Lipinski definition) is 0. The minimum atomic E-state index is -0.639. The zero-order chi connectivity index (χ0) is 39.6. The first-order valence-corrected chi connectivity index (χ1v) is 20.3. The lowest BCUT2D eigenvalue weighted by molar-refractivity contribution is 0.436. The average molecular weight is 766 g/mol. The lowest BCUT2D eigenvalue weighted by Crippen LogP contribution is -2.32. The van der Waals surface area contributed by atoms with Crippen molar-refractivity contribution >= 4 is 10.9 Å². The minimum Gasteiger partial charge on any atom is -0.457 e. The molecule has 1 aliphatic heterocycles. The van der Waals surface area contributed by atoms with E-state index in [9.17, 15) is 0 Å². The second-order valence-electron chi connectivity index (χ2n) is 15.5. The average Bonchev–Trinajstić information content (AvgIpc) is 3.62. The lowest BCUT2D eigenvalue weighted by atomic mass is 9.65. The van der Waals surface area contributed by atoms with Gasteiger partial charge in [0.25, 0.3) is 0 Å². The summed E-state index contributed by atoms with van der Waals surface area (Å²) in [7, 11) is 0. The Kier molecular flexibility index (Phi) is 7.72. The lowest BCUT2D eigenvalue weighted by Gasteiger charge is -2.40. The molecule has 2 aromatic heterocycles. The highest BCUT2D eigenvalue weighted by Gasteiger charge is 2.51. The third kappa shape index (κ3) is 5.28. The van der Waals surface area contributed by atoms with E-state index in [0.29, 0.717) is 5.82 Å². The summed E-state index contributed by atoms with van der Waals surface area (Å²) in [4.78, 5) is 15.0. The fourth-order valence-electron chi connectivity index (χ4n) is 9.51. The molecule has 0 saturated heterocycles. The maximum atomic E-state index is 6.93. The molecule has 0 N–H and O–H groups in total. The summed E-state index contributed by atoms with van der Waals surface area (Å²) in [5, 5.41) is 1.11. The number of benzene rings is 8. The molecular formula is C56H35N3O. The van der Waals surface area contributed by atoms with Gasteiger partial charge >= 0.3 is 0 Å². The van der Waals surface area contributed by atoms with Crippen LogP contribution in [0.5, 0.6) is 11.5 Å². The largest absolute Gasteiger partial charge is 0.457 e. The van der Waals surface area contributed by atoms with Crippen molar-refractivity contribution < 1.29 is 4.74 Å². The predicted molar refractivity (Wildman–Crippen MR) is 242 cm³/mol. The molecule has 60 heavy (non-hydrogen) atoms. The molecule has 280 valence electrons. The summed E-state index contributed by atoms with van der Waals surface area (Å²) in [6.07, 6.45) is 1.88. The van der Waals surface area contributed by atoms with Crippen LogP contribution in [0.2, 0.25) is 0 Å². The van der Waals surface area contributed by atoms with Crippen LogP contribution in [0.15, 0.2) is 212 Å². The Morgan fingerprint density at radius 3 is 1.62 bits per heavy atom. The van der Waals surface area contributed by atoms with Crippen molar-refractivity contribution in [1.82, 2.24) is 15.0 Å². The highest BCUT2D eigenvalue weighted by atomic mass is 16.5. The first-order chi connectivity index (χ1) is 29.7. The standard InChI is InChI=1S/C56H35N3O/c1-3-14-36(15-4-1)50-35-51(59-55(58-50)38-16-5-2-6-17-38)42-20-11-19-39(32-42)40-27-29-52-48(33-40)56(46-25-9-7-22-44(46)45-23-8-10-26-47(45)56)49-34-41(28-30-53(49)60-52)43-24-12-18-37-21-13-31-57-54(37)43/h1-35H. The normalized spacial score (nSPS) is 12.9. The van der Waals surface area contributed by atoms with E-state index in [1.165, 1.54) is 22.3 Å². The smallest absolute Gasteiger partial charge is 0.160 e. The second kappa shape index (κ2) is 13.6. The van der Waals surface area contributed by atoms with Crippen molar-refractivity contribution in [3.63, 3.8) is 0 Å². The van der Waals surface area contributed by atoms with E-state index in [1.807, 2.05) is 48.7 Å². The summed E-state index contributed by atoms with van der Waals surface area (Å²) < 4.78 is 6.93. The van der Waals surface area contributed by atoms with Crippen LogP contribution in [0.3, 0.4) is 0 Å². The monoisotopic (exact) mass is 765 g/mol. The van der Waals surface area contributed by atoms with Crippen LogP contribution in [0.25, 0.3) is 78.2 Å². The van der Waals surface area contributed by atoms with Crippen molar-refractivity contribution in [3.05, 3.63) is 235 Å². The zero-order valence-corrected chi connectivity index (χ0v) is 32.5. The Bertz CT molecular complexity index is 3190. The highest BCUT2D eigenvalue weighted by molar-refractivity contribution is 5.95. The van der Waals surface area contributed by atoms with Crippen LogP contribution < -0.4 is 4.74 Å². The third-order valence-electron chi connectivity index (χ3n) is 12.2. The molecule has 12 rings (SSSR count). The quantitative estimate of drug-likeness (QED) is 0.175. The van der Waals surface area contributed by atoms with Gasteiger partial charge in [0, 0.05) is 45.0 Å². The molecule has 2 aliphatic rings. The van der Waals surface area contributed by atoms with E-state index in [4.69, 9.17) is 19.7 Å². The first kappa shape index (κ1) is 34.1. The van der Waals surface area contributed by atoms with Gasteiger partial charge in [0.05, 0.1) is 22.3 Å². The van der Waals surface area contributed by atoms with Gasteiger partial charge in [-0.15, -0.1) is 0 Å². The summed E-state index contributed by atoms with van der Waals surface area (Å²) in [6.45, 7) is 0. The summed E-state index contributed by atoms with van der Waals surface area (Å²) in [5.41, 5.74) is 16.7. The molecule has 0 amide bonds. The Hall–Kier alpha value is -7.95. The van der Waals surface area contributed by atoms with Gasteiger partial charge in [-0.3, -0.25) is 4.98 Å². The van der Waals surface area contributed by atoms with Crippen LogP contribution in [0, 0.1) is 0 Å². The summed E-state index contributed by atoms with van der Waals surface area (Å²) in [6, 6.07) is 73.0. The third-order valence-corrected chi connectivity index (χ3v) is 12.2. The molecule has 3 heterocycles. The predicted octanol–water partition coefficient (Wildman–Crippen LogP) is 13.8. The van der Waals surface area contributed by atoms with Gasteiger partial charge in [-0.1, -0.05) is 164 Å². The molecule has 4 heteroatoms. The topological polar surface area (TPSA) is 47.9 Å². The number of para-hydroxylation sites is 1. The van der Waals surface area contributed by atoms with E-state index in [-0.39, 0.29) is 0 Å². The molecule has 1 spiro atoms. The number of pyridine rings is 1. The number of nitrogens with zero attached hydrogens (tertiary/aromatic N) is 3. The van der Waals surface area contributed by atoms with Gasteiger partial charge in [0.15, 0.2) is 5.82 Å². The Morgan fingerprint density at radius 2 is 0.883 bits per heavy atom. The maximum Gasteiger partial charge on any atom is 0.160 e. The van der Waals surface area contributed by atoms with Gasteiger partial charge in [-0.05, 0) is 81.4 Å². The van der Waals surface area contributed by atoms with E-state index in [2.05, 4.69) is 164 Å². The molecule has 0 radical (unpaired) electrons. The SMILES string of the molecule is c1ccc(-c2cc(-c3cccc(-c4ccc5c(c4)C4(c6cc(-c7cccc8cccnc78)ccc6O5)c5ccccc5-c5ccccc54)c3)nc(-c3ccccc3)n2)cc1. The molecular weight excluding hydrogens is 731 g/mol. The van der Waals surface area contributed by atoms with Gasteiger partial charge in [-0.2, -0.15) is 0 Å². The molecule has 0 atom stereocenters. The molecule has 4 nitrogen and oxygen atoms in total. The fourth-order valence-corrected chi connectivity index (χ4v) is 9.51. The fraction of sp³-hybridized carbons (Fsp3) is 0.0179. The van der Waals surface area contributed by atoms with Crippen molar-refractivity contribution in [3.8, 4) is 78.8 Å². The summed E-state index contributed by atoms with van der Waals surface area (Å²) >= 11 is 0. The second-order valence-corrected chi connectivity index (χ2v) is 15.5. The molecule has 0 bridgehead atoms. The highest BCUT2D eigenvalue weighted by Crippen LogP contribution is 2.62. The van der Waals surface area contributed by atoms with E-state index >= 15 is 0 Å². The van der Waals surface area contributed by atoms with Crippen LogP contribution in [0.4, 0.5) is 0 Å². The number of aromatic nitrogens is 3. The molecule has 8 aromatic carbocycles. The number of rotatable bonds is 5. The Morgan fingerprint density at radius 1 is 0.350 bits per heavy atom. The van der Waals surface area contributed by atoms with Gasteiger partial charge in [0.1, 0.15) is 11.5 Å². The van der Waals surface area contributed by atoms with E-state index < -0.39 is 5.41 Å². The number of fused-ring (bicyclic) bond motifs is 10. The Labute approximate surface area is 348 Å². The van der Waals surface area contributed by atoms with Crippen molar-refractivity contribution in [2.24, 2.45) is 0 Å². The van der Waals surface area contributed by atoms with Gasteiger partial charge in [-0.25, -0.2) is 9.97 Å². The van der Waals surface area contributed by atoms with Crippen LogP contribution in [0.1, 0.15) is 22.3 Å². The molecule has 10 aromatic rings. The van der Waals surface area contributed by atoms with E-state index in [1.54, 1.807) is 0 Å². The van der Waals surface area contributed by atoms with Gasteiger partial charge < -0.3 is 4.74 Å². The van der Waals surface area contributed by atoms with Crippen LogP contribution >= 0.6 is 0 Å². The van der Waals surface area contributed by atoms with Crippen molar-refractivity contribution in [2.45, 2.75) is 5.41 Å². The molecule has 0 unspecified atom stereocenters. The molecule has 0 saturated carbocycles. The molecule has 0 fully saturated rings. The summed E-state index contributed by atoms with van der Waals surface area (Å²) in [5.74, 6) is 2.40. The molecule has 1 aliphatic carbocycles. The van der Waals surface area contributed by atoms with E-state index in [0.717, 1.165) is 83.9 Å². The zero-order valence-electron chi connectivity index (χ0n) is 32.5. The number of hydrogen-bond acceptors (Lipinski definition) is 4. The van der Waals surface area contributed by atoms with Crippen LogP contribution in [-0.2, 0) is 5.41 Å². The number of ether oxygens (including phenoxy) is 1. The first-order valence-electron chi connectivity index (χ1n) is 20.3.